The number of nitrogens with zero attached hydrogens (tertiary/aromatic N) is 2. The molecular weight excluding hydrogens is 260 g/mol. The van der Waals surface area contributed by atoms with Gasteiger partial charge < -0.3 is 20.9 Å². The van der Waals surface area contributed by atoms with Gasteiger partial charge in [0.05, 0.1) is 0 Å². The van der Waals surface area contributed by atoms with Gasteiger partial charge in [-0.1, -0.05) is 0 Å². The fourth-order valence-electron chi connectivity index (χ4n) is 2.61. The van der Waals surface area contributed by atoms with E-state index in [-0.39, 0.29) is 23.8 Å². The van der Waals surface area contributed by atoms with Crippen molar-refractivity contribution in [2.75, 3.05) is 32.7 Å². The monoisotopic (exact) mass is 282 g/mol. The highest BCUT2D eigenvalue weighted by Gasteiger charge is 2.32. The SMILES string of the molecule is NCCCC(=O)N1CCN(C(=O)C2CCC(=O)N2)CC1. The summed E-state index contributed by atoms with van der Waals surface area (Å²) >= 11 is 0. The first-order valence-corrected chi connectivity index (χ1v) is 7.18. The number of carbonyl (C=O) groups is 3. The van der Waals surface area contributed by atoms with Crippen molar-refractivity contribution in [3.8, 4) is 0 Å². The lowest BCUT2D eigenvalue weighted by Gasteiger charge is -2.36. The number of hydrogen-bond donors (Lipinski definition) is 2. The van der Waals surface area contributed by atoms with Gasteiger partial charge in [-0.05, 0) is 19.4 Å². The number of amides is 3. The maximum absolute atomic E-state index is 12.2. The molecular formula is C13H22N4O3. The smallest absolute Gasteiger partial charge is 0.245 e. The number of nitrogens with one attached hydrogen (secondary N) is 1. The minimum atomic E-state index is -0.373. The molecule has 0 radical (unpaired) electrons. The van der Waals surface area contributed by atoms with Crippen molar-refractivity contribution in [3.63, 3.8) is 0 Å². The summed E-state index contributed by atoms with van der Waals surface area (Å²) in [7, 11) is 0. The Morgan fingerprint density at radius 2 is 1.85 bits per heavy atom. The van der Waals surface area contributed by atoms with Gasteiger partial charge in [-0.25, -0.2) is 0 Å². The van der Waals surface area contributed by atoms with E-state index in [4.69, 9.17) is 5.73 Å². The Morgan fingerprint density at radius 1 is 1.20 bits per heavy atom. The summed E-state index contributed by atoms with van der Waals surface area (Å²) in [6.45, 7) is 2.73. The first-order chi connectivity index (χ1) is 9.61. The normalized spacial score (nSPS) is 22.9. The molecule has 0 aromatic rings. The van der Waals surface area contributed by atoms with Crippen LogP contribution in [0.15, 0.2) is 0 Å². The molecule has 2 aliphatic heterocycles. The van der Waals surface area contributed by atoms with E-state index >= 15 is 0 Å². The lowest BCUT2D eigenvalue weighted by atomic mass is 10.1. The number of hydrogen-bond acceptors (Lipinski definition) is 4. The van der Waals surface area contributed by atoms with Crippen molar-refractivity contribution >= 4 is 17.7 Å². The summed E-state index contributed by atoms with van der Waals surface area (Å²) in [5.74, 6) is 0.0283. The Labute approximate surface area is 118 Å². The maximum atomic E-state index is 12.2. The summed E-state index contributed by atoms with van der Waals surface area (Å²) < 4.78 is 0. The van der Waals surface area contributed by atoms with E-state index in [1.54, 1.807) is 9.80 Å². The molecule has 2 rings (SSSR count). The van der Waals surface area contributed by atoms with Gasteiger partial charge in [0.15, 0.2) is 0 Å². The molecule has 2 aliphatic rings. The van der Waals surface area contributed by atoms with Crippen molar-refractivity contribution < 1.29 is 14.4 Å². The summed E-state index contributed by atoms with van der Waals surface area (Å²) in [5.41, 5.74) is 5.39. The number of rotatable bonds is 4. The van der Waals surface area contributed by atoms with Crippen molar-refractivity contribution in [1.82, 2.24) is 15.1 Å². The van der Waals surface area contributed by atoms with Crippen LogP contribution < -0.4 is 11.1 Å². The molecule has 2 fully saturated rings. The summed E-state index contributed by atoms with van der Waals surface area (Å²) in [4.78, 5) is 38.7. The second kappa shape index (κ2) is 6.69. The van der Waals surface area contributed by atoms with Crippen LogP contribution in [0.3, 0.4) is 0 Å². The third kappa shape index (κ3) is 3.47. The predicted octanol–water partition coefficient (Wildman–Crippen LogP) is -1.33. The number of piperazine rings is 1. The Bertz CT molecular complexity index is 391. The molecule has 112 valence electrons. The third-order valence-electron chi connectivity index (χ3n) is 3.83. The lowest BCUT2D eigenvalue weighted by molar-refractivity contribution is -0.141. The highest BCUT2D eigenvalue weighted by Crippen LogP contribution is 2.12. The molecule has 0 spiro atoms. The third-order valence-corrected chi connectivity index (χ3v) is 3.83. The zero-order valence-electron chi connectivity index (χ0n) is 11.6. The Hall–Kier alpha value is -1.63. The van der Waals surface area contributed by atoms with Gasteiger partial charge in [0.2, 0.25) is 17.7 Å². The zero-order valence-corrected chi connectivity index (χ0v) is 11.6. The average Bonchev–Trinajstić information content (AvgIpc) is 2.90. The molecule has 3 amide bonds. The number of nitrogens with two attached hydrogens (primary N) is 1. The Morgan fingerprint density at radius 3 is 2.40 bits per heavy atom. The van der Waals surface area contributed by atoms with Crippen LogP contribution in [-0.2, 0) is 14.4 Å². The highest BCUT2D eigenvalue weighted by molar-refractivity contribution is 5.91. The molecule has 1 atom stereocenters. The molecule has 7 nitrogen and oxygen atoms in total. The van der Waals surface area contributed by atoms with E-state index in [0.717, 1.165) is 0 Å². The van der Waals surface area contributed by atoms with Crippen LogP contribution >= 0.6 is 0 Å². The lowest BCUT2D eigenvalue weighted by Crippen LogP contribution is -2.54. The minimum absolute atomic E-state index is 0.0232. The van der Waals surface area contributed by atoms with Crippen LogP contribution in [0.2, 0.25) is 0 Å². The zero-order chi connectivity index (χ0) is 14.5. The van der Waals surface area contributed by atoms with E-state index in [2.05, 4.69) is 5.32 Å². The topological polar surface area (TPSA) is 95.7 Å². The van der Waals surface area contributed by atoms with E-state index in [0.29, 0.717) is 58.4 Å². The molecule has 2 heterocycles. The molecule has 7 heteroatoms. The molecule has 3 N–H and O–H groups in total. The highest BCUT2D eigenvalue weighted by atomic mass is 16.2. The van der Waals surface area contributed by atoms with E-state index in [1.165, 1.54) is 0 Å². The summed E-state index contributed by atoms with van der Waals surface area (Å²) in [5, 5.41) is 2.69. The molecule has 0 aromatic carbocycles. The molecule has 0 aromatic heterocycles. The molecule has 20 heavy (non-hydrogen) atoms. The van der Waals surface area contributed by atoms with E-state index < -0.39 is 0 Å². The van der Waals surface area contributed by atoms with Gasteiger partial charge in [0.25, 0.3) is 0 Å². The average molecular weight is 282 g/mol. The summed E-state index contributed by atoms with van der Waals surface area (Å²) in [6, 6.07) is -0.373. The van der Waals surface area contributed by atoms with Gasteiger partial charge in [-0.2, -0.15) is 0 Å². The number of carbonyl (C=O) groups excluding carboxylic acids is 3. The summed E-state index contributed by atoms with van der Waals surface area (Å²) in [6.07, 6.45) is 2.18. The van der Waals surface area contributed by atoms with Gasteiger partial charge in [-0.15, -0.1) is 0 Å². The molecule has 1 unspecified atom stereocenters. The van der Waals surface area contributed by atoms with E-state index in [1.807, 2.05) is 0 Å². The fraction of sp³-hybridized carbons (Fsp3) is 0.769. The van der Waals surface area contributed by atoms with Crippen LogP contribution in [0.25, 0.3) is 0 Å². The van der Waals surface area contributed by atoms with Crippen LogP contribution in [-0.4, -0.2) is 66.3 Å². The standard InChI is InChI=1S/C13H22N4O3/c14-5-1-2-12(19)16-6-8-17(9-7-16)13(20)10-3-4-11(18)15-10/h10H,1-9,14H2,(H,15,18). The Balaban J connectivity index is 1.77. The van der Waals surface area contributed by atoms with Crippen molar-refractivity contribution in [3.05, 3.63) is 0 Å². The Kier molecular flexibility index (Phi) is 4.94. The van der Waals surface area contributed by atoms with Crippen LogP contribution in [0.4, 0.5) is 0 Å². The van der Waals surface area contributed by atoms with Gasteiger partial charge in [-0.3, -0.25) is 14.4 Å². The molecule has 0 bridgehead atoms. The first kappa shape index (κ1) is 14.8. The molecule has 2 saturated heterocycles. The van der Waals surface area contributed by atoms with Gasteiger partial charge in [0.1, 0.15) is 6.04 Å². The minimum Gasteiger partial charge on any atom is -0.344 e. The first-order valence-electron chi connectivity index (χ1n) is 7.18. The second-order valence-corrected chi connectivity index (χ2v) is 5.26. The maximum Gasteiger partial charge on any atom is 0.245 e. The van der Waals surface area contributed by atoms with Crippen LogP contribution in [0, 0.1) is 0 Å². The van der Waals surface area contributed by atoms with Crippen molar-refractivity contribution in [2.24, 2.45) is 5.73 Å². The largest absolute Gasteiger partial charge is 0.344 e. The van der Waals surface area contributed by atoms with Gasteiger partial charge >= 0.3 is 0 Å². The van der Waals surface area contributed by atoms with Crippen LogP contribution in [0.5, 0.6) is 0 Å². The fourth-order valence-corrected chi connectivity index (χ4v) is 2.61. The molecule has 0 saturated carbocycles. The quantitative estimate of drug-likeness (QED) is 0.668. The predicted molar refractivity (Wildman–Crippen MR) is 72.6 cm³/mol. The van der Waals surface area contributed by atoms with E-state index in [9.17, 15) is 14.4 Å². The second-order valence-electron chi connectivity index (χ2n) is 5.26. The van der Waals surface area contributed by atoms with Crippen LogP contribution in [0.1, 0.15) is 25.7 Å². The molecule has 0 aliphatic carbocycles. The van der Waals surface area contributed by atoms with Crippen molar-refractivity contribution in [1.29, 1.82) is 0 Å². The van der Waals surface area contributed by atoms with Gasteiger partial charge in [0, 0.05) is 39.0 Å². The van der Waals surface area contributed by atoms with Crippen molar-refractivity contribution in [2.45, 2.75) is 31.7 Å².